The molecule has 0 saturated carbocycles. The van der Waals surface area contributed by atoms with Crippen molar-refractivity contribution in [3.05, 3.63) is 0 Å². The lowest BCUT2D eigenvalue weighted by molar-refractivity contribution is -0.392. The summed E-state index contributed by atoms with van der Waals surface area (Å²) in [7, 11) is -17.7. The zero-order valence-electron chi connectivity index (χ0n) is 43.4. The second-order valence-electron chi connectivity index (χ2n) is 20.1. The van der Waals surface area contributed by atoms with Gasteiger partial charge in [-0.1, -0.05) is 0 Å². The van der Waals surface area contributed by atoms with E-state index in [4.69, 9.17) is 72.6 Å². The Morgan fingerprint density at radius 3 is 1.54 bits per heavy atom. The molecule has 0 aromatic carbocycles. The van der Waals surface area contributed by atoms with Gasteiger partial charge in [0, 0.05) is 6.42 Å². The average Bonchev–Trinajstić information content (AvgIpc) is 3.13. The third-order valence-electron chi connectivity index (χ3n) is 14.2. The van der Waals surface area contributed by atoms with E-state index in [0.717, 1.165) is 0 Å². The normalized spacial score (nSPS) is 45.9. The Morgan fingerprint density at radius 2 is 0.988 bits per heavy atom. The van der Waals surface area contributed by atoms with Gasteiger partial charge in [0.2, 0.25) is 0 Å². The molecule has 6 aliphatic rings. The molecule has 0 aromatic heterocycles. The van der Waals surface area contributed by atoms with Crippen LogP contribution in [0.15, 0.2) is 0 Å². The molecule has 0 bridgehead atoms. The smallest absolute Gasteiger partial charge is 0.470 e. The van der Waals surface area contributed by atoms with Crippen molar-refractivity contribution in [3.63, 3.8) is 0 Å². The highest BCUT2D eigenvalue weighted by atomic mass is 31.2. The molecule has 6 saturated heterocycles. The number of carboxylic acid groups (broad SMARTS) is 1. The van der Waals surface area contributed by atoms with Gasteiger partial charge < -0.3 is 180 Å². The van der Waals surface area contributed by atoms with Gasteiger partial charge in [-0.2, -0.15) is 0 Å². The lowest BCUT2D eigenvalue weighted by atomic mass is 9.91. The van der Waals surface area contributed by atoms with E-state index >= 15 is 0 Å². The first-order valence-corrected chi connectivity index (χ1v) is 29.7. The molecule has 0 amide bonds. The number of phosphoric ester groups is 3. The van der Waals surface area contributed by atoms with Crippen molar-refractivity contribution >= 4 is 29.4 Å². The number of carboxylic acids is 1. The first kappa shape index (κ1) is 72.7. The number of hydrogen-bond donors (Lipinski definition) is 25. The Hall–Kier alpha value is -1.36. The molecule has 46 heteroatoms. The Bertz CT molecular complexity index is 2290. The molecule has 498 valence electrons. The largest absolute Gasteiger partial charge is 0.477 e. The quantitative estimate of drug-likeness (QED) is 0.0377. The van der Waals surface area contributed by atoms with Crippen molar-refractivity contribution in [1.29, 1.82) is 0 Å². The number of aliphatic hydroxyl groups is 16. The standard InChI is InChI=1S/C39H71N2O41P3/c40-15-19(50)18(49)13(71-33(15)57)6-69-34-16(41)20(51)29(81-84(63,64)65)14(74-34)7-70-39(38(58)59)1-10(80-83(60,61)62)30(27(79-39)9(47)3-43)77-37-25(56)31(82-85(66,67)68)32(26(75-37)8(46)2-42)78-36-24(55)22(53)28(12(5-45)73-36)76-35-23(54)21(52)17(48)11(4-44)72-35/h8-37,42-57H,1-7,40-41H2,(H,58,59)(H2,60,61,62)(H2,63,64,65)(H2,66,67,68)/t8-,9+,10+,11+,12+,13+,14+,15+,16+,17+,18+,19+,20+,21-,22+,23+,24+,25-,26+,27+,28-,29+,30+,31+,32+,33-,34+,35+,36-,37+,39+/m0/s1. The van der Waals surface area contributed by atoms with Crippen LogP contribution < -0.4 is 11.5 Å². The van der Waals surface area contributed by atoms with E-state index in [9.17, 15) is 135 Å². The summed E-state index contributed by atoms with van der Waals surface area (Å²) in [4.78, 5) is 73.2. The SMILES string of the molecule is N[C@@H]1[C@@H](O)[C@H](O)[C@@H](CO[C@@H]2O[C@H](CO[C@]3(C(=O)O)C[C@@H](OP(=O)(O)O)[C@@H](O[C@H]4O[C@H]([C@@H](O)CO)[C@@H](O[C@@H]5O[C@H](CO)[C@H](O[C@H]6O[C@H](CO)[C@@H](O)[C@H](O)[C@H]6O)[C@H](O)[C@H]5O)[C@H](OP(=O)(O)O)[C@@H]4O)[C@@H]([C@H](O)CO)O3)[C@@H](OP(=O)(O)O)[C@H](O)[C@H]2N)O[C@@H]1O. The summed E-state index contributed by atoms with van der Waals surface area (Å²) in [6.45, 7) is -7.40. The monoisotopic (exact) mass is 1320 g/mol. The molecule has 0 unspecified atom stereocenters. The number of carbonyl (C=O) groups is 1. The van der Waals surface area contributed by atoms with Crippen LogP contribution in [0.5, 0.6) is 0 Å². The Labute approximate surface area is 476 Å². The summed E-state index contributed by atoms with van der Waals surface area (Å²) in [6.07, 6.45) is -64.4. The van der Waals surface area contributed by atoms with E-state index in [1.54, 1.807) is 0 Å². The van der Waals surface area contributed by atoms with Crippen LogP contribution in [0.3, 0.4) is 0 Å². The zero-order valence-corrected chi connectivity index (χ0v) is 46.1. The molecule has 31 atom stereocenters. The first-order chi connectivity index (χ1) is 39.4. The number of rotatable bonds is 25. The minimum absolute atomic E-state index is 0.863. The van der Waals surface area contributed by atoms with Gasteiger partial charge in [-0.15, -0.1) is 0 Å². The topological polar surface area (TPSA) is 715 Å². The van der Waals surface area contributed by atoms with Gasteiger partial charge >= 0.3 is 29.4 Å². The molecular formula is C39H71N2O41P3. The lowest BCUT2D eigenvalue weighted by Crippen LogP contribution is -2.69. The lowest BCUT2D eigenvalue weighted by Gasteiger charge is -2.51. The van der Waals surface area contributed by atoms with Gasteiger partial charge in [0.25, 0.3) is 5.79 Å². The summed E-state index contributed by atoms with van der Waals surface area (Å²) >= 11 is 0. The third kappa shape index (κ3) is 17.2. The highest BCUT2D eigenvalue weighted by Gasteiger charge is 2.62. The maximum atomic E-state index is 13.3. The third-order valence-corrected chi connectivity index (χ3v) is 15.8. The molecule has 0 aromatic rings. The number of hydrogen-bond acceptors (Lipinski definition) is 36. The molecule has 0 spiro atoms. The summed E-state index contributed by atoms with van der Waals surface area (Å²) in [5, 5.41) is 180. The molecule has 6 heterocycles. The fourth-order valence-electron chi connectivity index (χ4n) is 9.87. The number of nitrogens with two attached hydrogens (primary N) is 2. The zero-order chi connectivity index (χ0) is 63.7. The van der Waals surface area contributed by atoms with Crippen molar-refractivity contribution in [2.24, 2.45) is 11.5 Å². The van der Waals surface area contributed by atoms with E-state index in [2.05, 4.69) is 4.52 Å². The van der Waals surface area contributed by atoms with Gasteiger partial charge in [0.05, 0.1) is 51.7 Å². The molecule has 43 nitrogen and oxygen atoms in total. The second-order valence-corrected chi connectivity index (χ2v) is 23.7. The van der Waals surface area contributed by atoms with Gasteiger partial charge in [-0.25, -0.2) is 18.5 Å². The van der Waals surface area contributed by atoms with Gasteiger partial charge in [-0.3, -0.25) is 13.6 Å². The first-order valence-electron chi connectivity index (χ1n) is 25.1. The Balaban J connectivity index is 1.29. The predicted molar refractivity (Wildman–Crippen MR) is 253 cm³/mol. The van der Waals surface area contributed by atoms with E-state index < -0.39 is 265 Å². The van der Waals surface area contributed by atoms with Crippen LogP contribution in [-0.2, 0) is 84.2 Å². The molecule has 6 rings (SSSR count). The average molecular weight is 1320 g/mol. The summed E-state index contributed by atoms with van der Waals surface area (Å²) in [5.74, 6) is -5.85. The van der Waals surface area contributed by atoms with E-state index in [-0.39, 0.29) is 0 Å². The maximum Gasteiger partial charge on any atom is 0.470 e. The molecule has 27 N–H and O–H groups in total. The number of aliphatic hydroxyl groups excluding tert-OH is 16. The van der Waals surface area contributed by atoms with Crippen LogP contribution in [-0.4, -0.2) is 351 Å². The van der Waals surface area contributed by atoms with Crippen LogP contribution in [0.1, 0.15) is 6.42 Å². The second kappa shape index (κ2) is 29.5. The number of aliphatic carboxylic acids is 1. The van der Waals surface area contributed by atoms with Crippen LogP contribution in [0, 0.1) is 0 Å². The summed E-state index contributed by atoms with van der Waals surface area (Å²) < 4.78 is 112. The van der Waals surface area contributed by atoms with Crippen LogP contribution in [0.25, 0.3) is 0 Å². The summed E-state index contributed by atoms with van der Waals surface area (Å²) in [6, 6.07) is -3.39. The van der Waals surface area contributed by atoms with Gasteiger partial charge in [0.1, 0.15) is 140 Å². The Morgan fingerprint density at radius 1 is 0.494 bits per heavy atom. The maximum absolute atomic E-state index is 13.3. The number of ether oxygens (including phenoxy) is 11. The highest BCUT2D eigenvalue weighted by molar-refractivity contribution is 7.46. The molecule has 85 heavy (non-hydrogen) atoms. The Kier molecular flexibility index (Phi) is 25.2. The van der Waals surface area contributed by atoms with Crippen molar-refractivity contribution in [3.8, 4) is 0 Å². The van der Waals surface area contributed by atoms with E-state index in [1.165, 1.54) is 0 Å². The molecule has 0 radical (unpaired) electrons. The molecule has 0 aliphatic carbocycles. The van der Waals surface area contributed by atoms with Crippen molar-refractivity contribution in [2.75, 3.05) is 39.6 Å². The van der Waals surface area contributed by atoms with Crippen molar-refractivity contribution in [2.45, 2.75) is 196 Å². The fraction of sp³-hybridized carbons (Fsp3) is 0.974. The van der Waals surface area contributed by atoms with Crippen LogP contribution in [0.2, 0.25) is 0 Å². The van der Waals surface area contributed by atoms with Gasteiger partial charge in [-0.05, 0) is 0 Å². The predicted octanol–water partition coefficient (Wildman–Crippen LogP) is -14.6. The van der Waals surface area contributed by atoms with Crippen LogP contribution >= 0.6 is 23.5 Å². The number of phosphoric acid groups is 3. The minimum Gasteiger partial charge on any atom is -0.477 e. The van der Waals surface area contributed by atoms with Crippen molar-refractivity contribution < 1.29 is 200 Å². The summed E-state index contributed by atoms with van der Waals surface area (Å²) in [5.41, 5.74) is 11.6. The van der Waals surface area contributed by atoms with E-state index in [1.807, 2.05) is 0 Å². The highest BCUT2D eigenvalue weighted by Crippen LogP contribution is 2.49. The fourth-order valence-corrected chi connectivity index (χ4v) is 11.6. The molecule has 6 fully saturated rings. The molecular weight excluding hydrogens is 1250 g/mol. The molecule has 6 aliphatic heterocycles. The minimum atomic E-state index is -6.03. The van der Waals surface area contributed by atoms with Crippen LogP contribution in [0.4, 0.5) is 0 Å². The van der Waals surface area contributed by atoms with Crippen molar-refractivity contribution in [1.82, 2.24) is 0 Å². The van der Waals surface area contributed by atoms with Gasteiger partial charge in [0.15, 0.2) is 31.5 Å². The van der Waals surface area contributed by atoms with E-state index in [0.29, 0.717) is 0 Å².